The van der Waals surface area contributed by atoms with Gasteiger partial charge in [-0.3, -0.25) is 0 Å². The summed E-state index contributed by atoms with van der Waals surface area (Å²) in [7, 11) is 0. The first kappa shape index (κ1) is 12.3. The van der Waals surface area contributed by atoms with Crippen LogP contribution in [0.25, 0.3) is 0 Å². The van der Waals surface area contributed by atoms with Gasteiger partial charge >= 0.3 is 0 Å². The lowest BCUT2D eigenvalue weighted by molar-refractivity contribution is 0.316. The zero-order valence-corrected chi connectivity index (χ0v) is 9.57. The maximum atomic E-state index is 8.56. The van der Waals surface area contributed by atoms with Crippen LogP contribution in [-0.2, 0) is 0 Å². The van der Waals surface area contributed by atoms with Crippen LogP contribution in [0.2, 0.25) is 0 Å². The van der Waals surface area contributed by atoms with Crippen molar-refractivity contribution in [3.63, 3.8) is 0 Å². The fraction of sp³-hybridized carbons (Fsp3) is 0.769. The van der Waals surface area contributed by atoms with E-state index in [0.29, 0.717) is 5.92 Å². The third-order valence-corrected chi connectivity index (χ3v) is 3.09. The van der Waals surface area contributed by atoms with Gasteiger partial charge in [-0.2, -0.15) is 0 Å². The van der Waals surface area contributed by atoms with Crippen LogP contribution in [0.1, 0.15) is 57.8 Å². The number of nitrogens with zero attached hydrogens (tertiary/aromatic N) is 1. The standard InChI is InChI=1S/C13H23NO/c15-14-12-13-10-8-6-4-2-1-3-5-7-9-11-13/h4,6,12-13,15H,1-3,5,7-11H2. The maximum Gasteiger partial charge on any atom is 0.0466 e. The fourth-order valence-corrected chi connectivity index (χ4v) is 2.13. The van der Waals surface area contributed by atoms with E-state index in [9.17, 15) is 0 Å². The molecule has 0 heterocycles. The van der Waals surface area contributed by atoms with Crippen LogP contribution >= 0.6 is 0 Å². The predicted molar refractivity (Wildman–Crippen MR) is 64.5 cm³/mol. The Balaban J connectivity index is 2.34. The number of oxime groups is 1. The second kappa shape index (κ2) is 8.51. The molecular weight excluding hydrogens is 186 g/mol. The summed E-state index contributed by atoms with van der Waals surface area (Å²) < 4.78 is 0. The van der Waals surface area contributed by atoms with Crippen LogP contribution in [0.15, 0.2) is 17.3 Å². The molecule has 0 aromatic rings. The number of hydrogen-bond acceptors (Lipinski definition) is 2. The molecule has 0 spiro atoms. The molecule has 86 valence electrons. The zero-order valence-electron chi connectivity index (χ0n) is 9.57. The average molecular weight is 209 g/mol. The SMILES string of the molecule is ON=CC1CCC=CCCCCCCC1. The molecule has 0 aromatic heterocycles. The molecule has 1 atom stereocenters. The third kappa shape index (κ3) is 6.32. The molecule has 1 rings (SSSR count). The summed E-state index contributed by atoms with van der Waals surface area (Å²) in [6, 6.07) is 0. The molecule has 1 N–H and O–H groups in total. The predicted octanol–water partition coefficient (Wildman–Crippen LogP) is 4.14. The Labute approximate surface area is 93.1 Å². The first-order valence-corrected chi connectivity index (χ1v) is 6.26. The van der Waals surface area contributed by atoms with E-state index in [0.717, 1.165) is 12.8 Å². The number of hydrogen-bond donors (Lipinski definition) is 1. The molecule has 2 nitrogen and oxygen atoms in total. The highest BCUT2D eigenvalue weighted by atomic mass is 16.4. The van der Waals surface area contributed by atoms with Gasteiger partial charge in [-0.1, -0.05) is 37.8 Å². The van der Waals surface area contributed by atoms with Crippen molar-refractivity contribution in [3.8, 4) is 0 Å². The van der Waals surface area contributed by atoms with E-state index in [1.165, 1.54) is 44.9 Å². The van der Waals surface area contributed by atoms with Crippen LogP contribution in [0, 0.1) is 5.92 Å². The molecule has 0 saturated heterocycles. The van der Waals surface area contributed by atoms with Crippen LogP contribution in [-0.4, -0.2) is 11.4 Å². The Hall–Kier alpha value is -0.790. The molecule has 1 aliphatic rings. The van der Waals surface area contributed by atoms with Crippen molar-refractivity contribution in [2.24, 2.45) is 11.1 Å². The van der Waals surface area contributed by atoms with Crippen LogP contribution in [0.4, 0.5) is 0 Å². The van der Waals surface area contributed by atoms with Gasteiger partial charge in [0.15, 0.2) is 0 Å². The molecule has 1 unspecified atom stereocenters. The molecule has 0 saturated carbocycles. The summed E-state index contributed by atoms with van der Waals surface area (Å²) in [5.41, 5.74) is 0. The van der Waals surface area contributed by atoms with Crippen molar-refractivity contribution < 1.29 is 5.21 Å². The smallest absolute Gasteiger partial charge is 0.0466 e. The van der Waals surface area contributed by atoms with Crippen LogP contribution in [0.5, 0.6) is 0 Å². The van der Waals surface area contributed by atoms with Gasteiger partial charge in [0.25, 0.3) is 0 Å². The largest absolute Gasteiger partial charge is 0.411 e. The van der Waals surface area contributed by atoms with Gasteiger partial charge in [0, 0.05) is 6.21 Å². The third-order valence-electron chi connectivity index (χ3n) is 3.09. The van der Waals surface area contributed by atoms with Crippen LogP contribution in [0.3, 0.4) is 0 Å². The van der Waals surface area contributed by atoms with Gasteiger partial charge < -0.3 is 5.21 Å². The van der Waals surface area contributed by atoms with Crippen LogP contribution < -0.4 is 0 Å². The number of allylic oxidation sites excluding steroid dienone is 2. The molecule has 15 heavy (non-hydrogen) atoms. The first-order chi connectivity index (χ1) is 7.43. The molecule has 0 aliphatic heterocycles. The van der Waals surface area contributed by atoms with E-state index in [4.69, 9.17) is 5.21 Å². The summed E-state index contributed by atoms with van der Waals surface area (Å²) in [6.07, 6.45) is 17.6. The van der Waals surface area contributed by atoms with Gasteiger partial charge in [0.2, 0.25) is 0 Å². The van der Waals surface area contributed by atoms with E-state index >= 15 is 0 Å². The molecular formula is C13H23NO. The lowest BCUT2D eigenvalue weighted by Crippen LogP contribution is -2.02. The Morgan fingerprint density at radius 2 is 1.67 bits per heavy atom. The van der Waals surface area contributed by atoms with Crippen molar-refractivity contribution in [2.75, 3.05) is 0 Å². The van der Waals surface area contributed by atoms with E-state index in [1.54, 1.807) is 6.21 Å². The molecule has 0 fully saturated rings. The van der Waals surface area contributed by atoms with Crippen molar-refractivity contribution in [2.45, 2.75) is 57.8 Å². The molecule has 2 heteroatoms. The summed E-state index contributed by atoms with van der Waals surface area (Å²) in [4.78, 5) is 0. The second-order valence-corrected chi connectivity index (χ2v) is 4.42. The minimum Gasteiger partial charge on any atom is -0.411 e. The Kier molecular flexibility index (Phi) is 6.97. The van der Waals surface area contributed by atoms with Gasteiger partial charge in [-0.15, -0.1) is 5.16 Å². The molecule has 1 aliphatic carbocycles. The molecule has 0 radical (unpaired) electrons. The molecule has 0 amide bonds. The Morgan fingerprint density at radius 3 is 2.53 bits per heavy atom. The lowest BCUT2D eigenvalue weighted by Gasteiger charge is -2.10. The fourth-order valence-electron chi connectivity index (χ4n) is 2.13. The van der Waals surface area contributed by atoms with Crippen molar-refractivity contribution in [1.82, 2.24) is 0 Å². The van der Waals surface area contributed by atoms with E-state index in [-0.39, 0.29) is 0 Å². The minimum atomic E-state index is 0.471. The summed E-state index contributed by atoms with van der Waals surface area (Å²) >= 11 is 0. The minimum absolute atomic E-state index is 0.471. The van der Waals surface area contributed by atoms with E-state index in [2.05, 4.69) is 17.3 Å². The monoisotopic (exact) mass is 209 g/mol. The summed E-state index contributed by atoms with van der Waals surface area (Å²) in [5.74, 6) is 0.471. The van der Waals surface area contributed by atoms with Gasteiger partial charge in [-0.05, 0) is 38.0 Å². The maximum absolute atomic E-state index is 8.56. The first-order valence-electron chi connectivity index (χ1n) is 6.26. The average Bonchev–Trinajstić information content (AvgIpc) is 2.22. The van der Waals surface area contributed by atoms with Crippen molar-refractivity contribution in [1.29, 1.82) is 0 Å². The zero-order chi connectivity index (χ0) is 10.8. The topological polar surface area (TPSA) is 32.6 Å². The second-order valence-electron chi connectivity index (χ2n) is 4.42. The normalized spacial score (nSPS) is 26.0. The number of rotatable bonds is 1. The van der Waals surface area contributed by atoms with Crippen molar-refractivity contribution >= 4 is 6.21 Å². The quantitative estimate of drug-likeness (QED) is 0.299. The molecule has 0 bridgehead atoms. The molecule has 0 aromatic carbocycles. The van der Waals surface area contributed by atoms with E-state index in [1.807, 2.05) is 0 Å². The Bertz CT molecular complexity index is 199. The highest BCUT2D eigenvalue weighted by Gasteiger charge is 2.05. The highest BCUT2D eigenvalue weighted by molar-refractivity contribution is 5.59. The van der Waals surface area contributed by atoms with E-state index < -0.39 is 0 Å². The van der Waals surface area contributed by atoms with Gasteiger partial charge in [0.05, 0.1) is 0 Å². The Morgan fingerprint density at radius 1 is 0.933 bits per heavy atom. The highest BCUT2D eigenvalue weighted by Crippen LogP contribution is 2.17. The summed E-state index contributed by atoms with van der Waals surface area (Å²) in [6.45, 7) is 0. The van der Waals surface area contributed by atoms with Crippen molar-refractivity contribution in [3.05, 3.63) is 12.2 Å². The van der Waals surface area contributed by atoms with Gasteiger partial charge in [0.1, 0.15) is 0 Å². The summed E-state index contributed by atoms with van der Waals surface area (Å²) in [5, 5.41) is 11.7. The lowest BCUT2D eigenvalue weighted by atomic mass is 9.96. The van der Waals surface area contributed by atoms with Gasteiger partial charge in [-0.25, -0.2) is 0 Å².